The average Bonchev–Trinajstić information content (AvgIpc) is 3.37. The molecule has 3 aromatic heterocycles. The number of aromatic nitrogens is 4. The van der Waals surface area contributed by atoms with Crippen LogP contribution in [0.4, 0.5) is 5.82 Å². The highest BCUT2D eigenvalue weighted by Gasteiger charge is 2.21. The predicted octanol–water partition coefficient (Wildman–Crippen LogP) is 4.40. The Morgan fingerprint density at radius 2 is 1.78 bits per heavy atom. The first-order chi connectivity index (χ1) is 15.2. The molecule has 3 heterocycles. The number of nitrogens with zero attached hydrogens (tertiary/aromatic N) is 4. The fourth-order valence-electron chi connectivity index (χ4n) is 3.19. The lowest BCUT2D eigenvalue weighted by molar-refractivity contribution is -0.117. The van der Waals surface area contributed by atoms with Crippen LogP contribution in [0.25, 0.3) is 16.3 Å². The van der Waals surface area contributed by atoms with E-state index >= 15 is 0 Å². The Morgan fingerprint density at radius 3 is 2.44 bits per heavy atom. The molecule has 0 atom stereocenters. The number of hydrogen-bond donors (Lipinski definition) is 1. The summed E-state index contributed by atoms with van der Waals surface area (Å²) < 4.78 is 2.90. The fraction of sp³-hybridized carbons (Fsp3) is 0.250. The number of amides is 1. The van der Waals surface area contributed by atoms with Gasteiger partial charge in [0.25, 0.3) is 5.56 Å². The Kier molecular flexibility index (Phi) is 5.80. The van der Waals surface area contributed by atoms with E-state index in [0.29, 0.717) is 11.5 Å². The number of anilines is 1. The molecular formula is C24H25N5O2S. The van der Waals surface area contributed by atoms with E-state index in [1.807, 2.05) is 55.5 Å². The highest BCUT2D eigenvalue weighted by atomic mass is 32.1. The highest BCUT2D eigenvalue weighted by molar-refractivity contribution is 7.15. The van der Waals surface area contributed by atoms with E-state index < -0.39 is 0 Å². The molecule has 0 saturated carbocycles. The van der Waals surface area contributed by atoms with E-state index in [1.54, 1.807) is 22.1 Å². The molecule has 0 unspecified atom stereocenters. The highest BCUT2D eigenvalue weighted by Crippen LogP contribution is 2.27. The quantitative estimate of drug-likeness (QED) is 0.492. The van der Waals surface area contributed by atoms with Gasteiger partial charge < -0.3 is 5.32 Å². The van der Waals surface area contributed by atoms with Crippen LogP contribution in [0.3, 0.4) is 0 Å². The molecule has 1 aromatic carbocycles. The van der Waals surface area contributed by atoms with Gasteiger partial charge in [-0.2, -0.15) is 10.2 Å². The van der Waals surface area contributed by atoms with Crippen LogP contribution in [-0.4, -0.2) is 25.5 Å². The third-order valence-corrected chi connectivity index (χ3v) is 5.92. The lowest BCUT2D eigenvalue weighted by atomic mass is 9.92. The van der Waals surface area contributed by atoms with Crippen LogP contribution in [0.5, 0.6) is 0 Å². The fourth-order valence-corrected chi connectivity index (χ4v) is 4.02. The first kappa shape index (κ1) is 21.7. The van der Waals surface area contributed by atoms with Crippen LogP contribution < -0.4 is 10.9 Å². The molecule has 0 aliphatic carbocycles. The zero-order valence-corrected chi connectivity index (χ0v) is 19.3. The second-order valence-corrected chi connectivity index (χ2v) is 9.87. The summed E-state index contributed by atoms with van der Waals surface area (Å²) in [7, 11) is 0. The van der Waals surface area contributed by atoms with Crippen LogP contribution in [0.2, 0.25) is 0 Å². The second-order valence-electron chi connectivity index (χ2n) is 8.59. The summed E-state index contributed by atoms with van der Waals surface area (Å²) in [5, 5.41) is 12.0. The van der Waals surface area contributed by atoms with Gasteiger partial charge in [-0.3, -0.25) is 9.59 Å². The van der Waals surface area contributed by atoms with Gasteiger partial charge in [0.15, 0.2) is 0 Å². The van der Waals surface area contributed by atoms with Crippen LogP contribution >= 0.6 is 11.3 Å². The van der Waals surface area contributed by atoms with Crippen molar-refractivity contribution < 1.29 is 4.79 Å². The number of benzene rings is 1. The van der Waals surface area contributed by atoms with E-state index in [-0.39, 0.29) is 23.4 Å². The largest absolute Gasteiger partial charge is 0.309 e. The van der Waals surface area contributed by atoms with Crippen molar-refractivity contribution in [3.05, 3.63) is 81.6 Å². The molecule has 0 radical (unpaired) electrons. The van der Waals surface area contributed by atoms with Crippen molar-refractivity contribution in [1.82, 2.24) is 19.6 Å². The van der Waals surface area contributed by atoms with Gasteiger partial charge in [0.1, 0.15) is 18.1 Å². The number of carbonyl (C=O) groups excluding carboxylic acids is 1. The molecule has 8 heteroatoms. The molecular weight excluding hydrogens is 422 g/mol. The summed E-state index contributed by atoms with van der Waals surface area (Å²) in [5.74, 6) is 0.195. The molecule has 1 N–H and O–H groups in total. The minimum absolute atomic E-state index is 0.189. The Morgan fingerprint density at radius 1 is 1.03 bits per heavy atom. The Hall–Kier alpha value is -3.52. The van der Waals surface area contributed by atoms with Crippen LogP contribution in [0.1, 0.15) is 31.3 Å². The van der Waals surface area contributed by atoms with Gasteiger partial charge in [-0.25, -0.2) is 9.36 Å². The van der Waals surface area contributed by atoms with Crippen molar-refractivity contribution >= 4 is 23.1 Å². The summed E-state index contributed by atoms with van der Waals surface area (Å²) in [6.45, 7) is 8.02. The monoisotopic (exact) mass is 447 g/mol. The smallest absolute Gasteiger partial charge is 0.267 e. The normalized spacial score (nSPS) is 11.5. The minimum Gasteiger partial charge on any atom is -0.309 e. The van der Waals surface area contributed by atoms with Crippen molar-refractivity contribution in [2.45, 2.75) is 39.7 Å². The van der Waals surface area contributed by atoms with E-state index in [4.69, 9.17) is 5.10 Å². The molecule has 4 aromatic rings. The van der Waals surface area contributed by atoms with Gasteiger partial charge in [0.2, 0.25) is 5.91 Å². The third kappa shape index (κ3) is 4.70. The SMILES string of the molecule is Cc1ccc(-c2ccc(=O)n(CC(=O)Nc3cc(C(C)(C)C)nn3-c3ccccc3)n2)s1. The maximum absolute atomic E-state index is 12.9. The molecule has 164 valence electrons. The number of para-hydroxylation sites is 1. The predicted molar refractivity (Wildman–Crippen MR) is 127 cm³/mol. The standard InChI is InChI=1S/C24H25N5O2S/c1-16-10-12-19(32-16)18-11-13-23(31)28(26-18)15-22(30)25-21-14-20(24(2,3)4)27-29(21)17-8-6-5-7-9-17/h5-14H,15H2,1-4H3,(H,25,30). The lowest BCUT2D eigenvalue weighted by Crippen LogP contribution is -2.29. The molecule has 0 bridgehead atoms. The number of aryl methyl sites for hydroxylation is 1. The Labute approximate surface area is 190 Å². The maximum atomic E-state index is 12.9. The molecule has 1 amide bonds. The van der Waals surface area contributed by atoms with Gasteiger partial charge in [0.05, 0.1) is 16.3 Å². The molecule has 0 aliphatic rings. The van der Waals surface area contributed by atoms with E-state index in [1.165, 1.54) is 10.7 Å². The van der Waals surface area contributed by atoms with E-state index in [9.17, 15) is 9.59 Å². The first-order valence-corrected chi connectivity index (χ1v) is 11.1. The van der Waals surface area contributed by atoms with E-state index in [0.717, 1.165) is 21.1 Å². The van der Waals surface area contributed by atoms with E-state index in [2.05, 4.69) is 31.2 Å². The van der Waals surface area contributed by atoms with Gasteiger partial charge >= 0.3 is 0 Å². The summed E-state index contributed by atoms with van der Waals surface area (Å²) in [4.78, 5) is 27.3. The van der Waals surface area contributed by atoms with Crippen molar-refractivity contribution in [1.29, 1.82) is 0 Å². The molecule has 32 heavy (non-hydrogen) atoms. The maximum Gasteiger partial charge on any atom is 0.267 e. The number of hydrogen-bond acceptors (Lipinski definition) is 5. The van der Waals surface area contributed by atoms with Crippen LogP contribution in [0, 0.1) is 6.92 Å². The molecule has 0 saturated heterocycles. The lowest BCUT2D eigenvalue weighted by Gasteiger charge is -2.14. The topological polar surface area (TPSA) is 81.8 Å². The van der Waals surface area contributed by atoms with Crippen LogP contribution in [-0.2, 0) is 16.8 Å². The zero-order chi connectivity index (χ0) is 22.9. The average molecular weight is 448 g/mol. The Balaban J connectivity index is 1.61. The van der Waals surface area contributed by atoms with Crippen LogP contribution in [0.15, 0.2) is 65.5 Å². The molecule has 0 fully saturated rings. The van der Waals surface area contributed by atoms with Crippen molar-refractivity contribution in [2.75, 3.05) is 5.32 Å². The zero-order valence-electron chi connectivity index (χ0n) is 18.5. The number of carbonyl (C=O) groups is 1. The number of rotatable bonds is 5. The Bertz CT molecular complexity index is 1310. The summed E-state index contributed by atoms with van der Waals surface area (Å²) in [6, 6.07) is 18.6. The van der Waals surface area contributed by atoms with Gasteiger partial charge in [-0.1, -0.05) is 39.0 Å². The molecule has 0 aliphatic heterocycles. The summed E-state index contributed by atoms with van der Waals surface area (Å²) >= 11 is 1.59. The first-order valence-electron chi connectivity index (χ1n) is 10.3. The van der Waals surface area contributed by atoms with Gasteiger partial charge in [0, 0.05) is 22.4 Å². The molecule has 7 nitrogen and oxygen atoms in total. The molecule has 0 spiro atoms. The number of thiophene rings is 1. The third-order valence-electron chi connectivity index (χ3n) is 4.90. The van der Waals surface area contributed by atoms with Gasteiger partial charge in [-0.15, -0.1) is 11.3 Å². The van der Waals surface area contributed by atoms with Gasteiger partial charge in [-0.05, 0) is 37.3 Å². The van der Waals surface area contributed by atoms with Crippen molar-refractivity contribution in [3.8, 4) is 16.3 Å². The molecule has 4 rings (SSSR count). The summed E-state index contributed by atoms with van der Waals surface area (Å²) in [6.07, 6.45) is 0. The minimum atomic E-state index is -0.350. The number of nitrogens with one attached hydrogen (secondary N) is 1. The second kappa shape index (κ2) is 8.55. The summed E-state index contributed by atoms with van der Waals surface area (Å²) in [5.41, 5.74) is 1.83. The van der Waals surface area contributed by atoms with Crippen molar-refractivity contribution in [3.63, 3.8) is 0 Å². The van der Waals surface area contributed by atoms with Crippen molar-refractivity contribution in [2.24, 2.45) is 0 Å².